The first-order valence-corrected chi connectivity index (χ1v) is 6.78. The van der Waals surface area contributed by atoms with Crippen molar-refractivity contribution in [3.05, 3.63) is 37.7 Å². The third-order valence-electron chi connectivity index (χ3n) is 2.40. The minimum absolute atomic E-state index is 0.0849. The molecule has 2 rings (SSSR count). The fourth-order valence-electron chi connectivity index (χ4n) is 1.59. The van der Waals surface area contributed by atoms with E-state index >= 15 is 0 Å². The van der Waals surface area contributed by atoms with Crippen LogP contribution in [0.4, 0.5) is 0 Å². The quantitative estimate of drug-likeness (QED) is 0.915. The lowest BCUT2D eigenvalue weighted by atomic mass is 10.2. The second kappa shape index (κ2) is 5.01. The summed E-state index contributed by atoms with van der Waals surface area (Å²) in [7, 11) is 0. The predicted octanol–water partition coefficient (Wildman–Crippen LogP) is 2.78. The lowest BCUT2D eigenvalue weighted by Crippen LogP contribution is -2.23. The third-order valence-corrected chi connectivity index (χ3v) is 4.10. The number of hydrogen-bond donors (Lipinski definition) is 2. The molecule has 0 radical (unpaired) electrons. The second-order valence-electron chi connectivity index (χ2n) is 3.72. The first-order chi connectivity index (χ1) is 8.08. The Morgan fingerprint density at radius 3 is 2.88 bits per heavy atom. The van der Waals surface area contributed by atoms with Gasteiger partial charge in [0.05, 0.1) is 17.8 Å². The Morgan fingerprint density at radius 2 is 2.35 bits per heavy atom. The molecular formula is C11H12BrN3OS. The van der Waals surface area contributed by atoms with Crippen LogP contribution in [0.1, 0.15) is 26.6 Å². The molecular weight excluding hydrogens is 302 g/mol. The van der Waals surface area contributed by atoms with E-state index in [0.717, 1.165) is 20.7 Å². The van der Waals surface area contributed by atoms with Crippen molar-refractivity contribution in [3.8, 4) is 0 Å². The SMILES string of the molecule is Cc1n[nH]c(C)c1C(=O)NCc1cc(Br)cs1. The number of carbonyl (C=O) groups excluding carboxylic acids is 1. The Kier molecular flexibility index (Phi) is 3.63. The maximum Gasteiger partial charge on any atom is 0.255 e. The molecule has 0 aliphatic heterocycles. The molecule has 0 bridgehead atoms. The third kappa shape index (κ3) is 2.76. The summed E-state index contributed by atoms with van der Waals surface area (Å²) in [4.78, 5) is 13.1. The molecule has 6 heteroatoms. The summed E-state index contributed by atoms with van der Waals surface area (Å²) in [6.45, 7) is 4.20. The number of aryl methyl sites for hydroxylation is 2. The number of carbonyl (C=O) groups is 1. The van der Waals surface area contributed by atoms with Crippen molar-refractivity contribution in [2.24, 2.45) is 0 Å². The summed E-state index contributed by atoms with van der Waals surface area (Å²) in [6.07, 6.45) is 0. The minimum atomic E-state index is -0.0849. The van der Waals surface area contributed by atoms with E-state index in [1.165, 1.54) is 0 Å². The molecule has 0 fully saturated rings. The number of amides is 1. The molecule has 17 heavy (non-hydrogen) atoms. The number of hydrogen-bond acceptors (Lipinski definition) is 3. The molecule has 2 heterocycles. The van der Waals surface area contributed by atoms with E-state index in [1.54, 1.807) is 11.3 Å². The van der Waals surface area contributed by atoms with E-state index in [4.69, 9.17) is 0 Å². The summed E-state index contributed by atoms with van der Waals surface area (Å²) < 4.78 is 1.04. The Morgan fingerprint density at radius 1 is 1.59 bits per heavy atom. The standard InChI is InChI=1S/C11H12BrN3OS/c1-6-10(7(2)15-14-6)11(16)13-4-9-3-8(12)5-17-9/h3,5H,4H2,1-2H3,(H,13,16)(H,14,15). The molecule has 0 saturated heterocycles. The highest BCUT2D eigenvalue weighted by atomic mass is 79.9. The fourth-order valence-corrected chi connectivity index (χ4v) is 2.98. The van der Waals surface area contributed by atoms with Crippen LogP contribution in [-0.4, -0.2) is 16.1 Å². The van der Waals surface area contributed by atoms with Gasteiger partial charge in [-0.2, -0.15) is 5.10 Å². The van der Waals surface area contributed by atoms with E-state index in [1.807, 2.05) is 25.3 Å². The van der Waals surface area contributed by atoms with Crippen molar-refractivity contribution < 1.29 is 4.79 Å². The largest absolute Gasteiger partial charge is 0.347 e. The van der Waals surface area contributed by atoms with E-state index in [0.29, 0.717) is 12.1 Å². The normalized spacial score (nSPS) is 10.5. The highest BCUT2D eigenvalue weighted by molar-refractivity contribution is 9.10. The van der Waals surface area contributed by atoms with Crippen LogP contribution in [0.2, 0.25) is 0 Å². The Balaban J connectivity index is 2.03. The number of rotatable bonds is 3. The Bertz CT molecular complexity index is 527. The summed E-state index contributed by atoms with van der Waals surface area (Å²) in [5, 5.41) is 11.7. The van der Waals surface area contributed by atoms with E-state index in [2.05, 4.69) is 31.4 Å². The lowest BCUT2D eigenvalue weighted by molar-refractivity contribution is 0.0950. The zero-order valence-electron chi connectivity index (χ0n) is 9.50. The van der Waals surface area contributed by atoms with Crippen LogP contribution in [0.5, 0.6) is 0 Å². The molecule has 0 aliphatic carbocycles. The smallest absolute Gasteiger partial charge is 0.255 e. The molecule has 0 aromatic carbocycles. The molecule has 90 valence electrons. The topological polar surface area (TPSA) is 57.8 Å². The van der Waals surface area contributed by atoms with Gasteiger partial charge in [-0.05, 0) is 35.8 Å². The van der Waals surface area contributed by atoms with Crippen molar-refractivity contribution in [2.75, 3.05) is 0 Å². The van der Waals surface area contributed by atoms with E-state index < -0.39 is 0 Å². The van der Waals surface area contributed by atoms with Gasteiger partial charge in [-0.3, -0.25) is 9.89 Å². The van der Waals surface area contributed by atoms with E-state index in [-0.39, 0.29) is 5.91 Å². The van der Waals surface area contributed by atoms with Crippen LogP contribution in [0.15, 0.2) is 15.9 Å². The number of halogens is 1. The van der Waals surface area contributed by atoms with Crippen molar-refractivity contribution in [1.82, 2.24) is 15.5 Å². The Labute approximate surface area is 112 Å². The van der Waals surface area contributed by atoms with Gasteiger partial charge >= 0.3 is 0 Å². The van der Waals surface area contributed by atoms with E-state index in [9.17, 15) is 4.79 Å². The van der Waals surface area contributed by atoms with Gasteiger partial charge in [0.15, 0.2) is 0 Å². The summed E-state index contributed by atoms with van der Waals surface area (Å²) in [5.41, 5.74) is 2.17. The van der Waals surface area contributed by atoms with Gasteiger partial charge in [-0.1, -0.05) is 0 Å². The van der Waals surface area contributed by atoms with Crippen LogP contribution in [0.3, 0.4) is 0 Å². The summed E-state index contributed by atoms with van der Waals surface area (Å²) in [6, 6.07) is 2.00. The summed E-state index contributed by atoms with van der Waals surface area (Å²) in [5.74, 6) is -0.0849. The van der Waals surface area contributed by atoms with Gasteiger partial charge in [0.2, 0.25) is 0 Å². The van der Waals surface area contributed by atoms with Crippen LogP contribution in [0, 0.1) is 13.8 Å². The van der Waals surface area contributed by atoms with Gasteiger partial charge in [-0.15, -0.1) is 11.3 Å². The number of nitrogens with one attached hydrogen (secondary N) is 2. The molecule has 0 saturated carbocycles. The maximum atomic E-state index is 11.9. The molecule has 0 atom stereocenters. The Hall–Kier alpha value is -1.14. The van der Waals surface area contributed by atoms with Crippen LogP contribution in [-0.2, 0) is 6.54 Å². The van der Waals surface area contributed by atoms with Gasteiger partial charge < -0.3 is 5.32 Å². The van der Waals surface area contributed by atoms with Gasteiger partial charge in [0.25, 0.3) is 5.91 Å². The number of H-pyrrole nitrogens is 1. The molecule has 2 aromatic heterocycles. The van der Waals surface area contributed by atoms with Crippen molar-refractivity contribution in [1.29, 1.82) is 0 Å². The molecule has 1 amide bonds. The first-order valence-electron chi connectivity index (χ1n) is 5.10. The maximum absolute atomic E-state index is 11.9. The van der Waals surface area contributed by atoms with Crippen LogP contribution in [0.25, 0.3) is 0 Å². The monoisotopic (exact) mass is 313 g/mol. The highest BCUT2D eigenvalue weighted by Crippen LogP contribution is 2.19. The van der Waals surface area contributed by atoms with Gasteiger partial charge in [0.1, 0.15) is 0 Å². The molecule has 4 nitrogen and oxygen atoms in total. The molecule has 2 N–H and O–H groups in total. The van der Waals surface area contributed by atoms with Gasteiger partial charge in [0, 0.05) is 20.4 Å². The first kappa shape index (κ1) is 12.3. The van der Waals surface area contributed by atoms with Crippen LogP contribution < -0.4 is 5.32 Å². The molecule has 0 spiro atoms. The number of aromatic nitrogens is 2. The average Bonchev–Trinajstić information content (AvgIpc) is 2.83. The number of thiophene rings is 1. The molecule has 0 unspecified atom stereocenters. The molecule has 2 aromatic rings. The minimum Gasteiger partial charge on any atom is -0.347 e. The zero-order valence-corrected chi connectivity index (χ0v) is 11.9. The average molecular weight is 314 g/mol. The summed E-state index contributed by atoms with van der Waals surface area (Å²) >= 11 is 5.00. The predicted molar refractivity (Wildman–Crippen MR) is 71.3 cm³/mol. The highest BCUT2D eigenvalue weighted by Gasteiger charge is 2.14. The lowest BCUT2D eigenvalue weighted by Gasteiger charge is -2.03. The zero-order chi connectivity index (χ0) is 12.4. The van der Waals surface area contributed by atoms with Crippen molar-refractivity contribution in [2.45, 2.75) is 20.4 Å². The van der Waals surface area contributed by atoms with Crippen molar-refractivity contribution >= 4 is 33.2 Å². The number of nitrogens with zero attached hydrogens (tertiary/aromatic N) is 1. The number of aromatic amines is 1. The van der Waals surface area contributed by atoms with Crippen LogP contribution >= 0.6 is 27.3 Å². The van der Waals surface area contributed by atoms with Crippen molar-refractivity contribution in [3.63, 3.8) is 0 Å². The fraction of sp³-hybridized carbons (Fsp3) is 0.273. The second-order valence-corrected chi connectivity index (χ2v) is 5.63. The molecule has 0 aliphatic rings. The van der Waals surface area contributed by atoms with Gasteiger partial charge in [-0.25, -0.2) is 0 Å².